The van der Waals surface area contributed by atoms with Crippen molar-refractivity contribution < 1.29 is 54.6 Å². The summed E-state index contributed by atoms with van der Waals surface area (Å²) in [4.78, 5) is 26.2. The highest BCUT2D eigenvalue weighted by Gasteiger charge is 2.71. The lowest BCUT2D eigenvalue weighted by Crippen LogP contribution is -2.53. The number of benzene rings is 2. The summed E-state index contributed by atoms with van der Waals surface area (Å²) in [6.45, 7) is 2.30. The van der Waals surface area contributed by atoms with Gasteiger partial charge in [0.05, 0.1) is 16.8 Å². The molecule has 0 aromatic heterocycles. The molecule has 0 saturated carbocycles. The van der Waals surface area contributed by atoms with E-state index in [9.17, 15) is 54.6 Å². The van der Waals surface area contributed by atoms with Gasteiger partial charge in [0.1, 0.15) is 6.04 Å². The first-order valence-corrected chi connectivity index (χ1v) is 12.5. The molecule has 0 saturated heterocycles. The molecule has 0 bridgehead atoms. The number of fused-ring (bicyclic) bond motifs is 1. The Morgan fingerprint density at radius 1 is 1.05 bits per heavy atom. The zero-order valence-electron chi connectivity index (χ0n) is 19.8. The molecule has 2 atom stereocenters. The third kappa shape index (κ3) is 5.35. The minimum absolute atomic E-state index is 0.140. The van der Waals surface area contributed by atoms with Crippen LogP contribution in [0.5, 0.6) is 0 Å². The fraction of sp³-hybridized carbons (Fsp3) is 0.391. The van der Waals surface area contributed by atoms with Crippen molar-refractivity contribution in [2.45, 2.75) is 55.4 Å². The number of sulfone groups is 1. The van der Waals surface area contributed by atoms with Crippen LogP contribution in [0.15, 0.2) is 47.4 Å². The normalized spacial score (nSPS) is 17.2. The van der Waals surface area contributed by atoms with Crippen molar-refractivity contribution in [1.29, 1.82) is 0 Å². The van der Waals surface area contributed by atoms with E-state index in [1.807, 2.05) is 0 Å². The van der Waals surface area contributed by atoms with E-state index in [1.165, 1.54) is 25.1 Å². The summed E-state index contributed by atoms with van der Waals surface area (Å²) >= 11 is 0. The maximum Gasteiger partial charge on any atom is 0.430 e. The molecule has 0 fully saturated rings. The fourth-order valence-corrected chi connectivity index (χ4v) is 5.53. The van der Waals surface area contributed by atoms with Crippen LogP contribution in [0.2, 0.25) is 0 Å². The van der Waals surface area contributed by atoms with E-state index in [4.69, 9.17) is 0 Å². The van der Waals surface area contributed by atoms with Crippen LogP contribution in [0, 0.1) is 0 Å². The fourth-order valence-electron chi connectivity index (χ4n) is 4.11. The first kappa shape index (κ1) is 29.4. The van der Waals surface area contributed by atoms with E-state index < -0.39 is 63.1 Å². The summed E-state index contributed by atoms with van der Waals surface area (Å²) in [6, 6.07) is 4.68. The predicted octanol–water partition coefficient (Wildman–Crippen LogP) is 3.20. The molecule has 0 aliphatic carbocycles. The van der Waals surface area contributed by atoms with E-state index in [0.717, 1.165) is 24.0 Å². The maximum absolute atomic E-state index is 13.1. The number of carbonyl (C=O) groups excluding carboxylic acids is 2. The number of anilines is 1. The van der Waals surface area contributed by atoms with Gasteiger partial charge in [-0.05, 0) is 42.3 Å². The topological polar surface area (TPSA) is 124 Å². The Morgan fingerprint density at radius 2 is 1.61 bits per heavy atom. The number of aliphatic hydroxyl groups excluding tert-OH is 1. The Labute approximate surface area is 212 Å². The number of aliphatic hydroxyl groups is 2. The minimum atomic E-state index is -6.08. The number of hydrogen-bond donors (Lipinski definition) is 3. The van der Waals surface area contributed by atoms with Gasteiger partial charge in [0, 0.05) is 24.7 Å². The van der Waals surface area contributed by atoms with Crippen molar-refractivity contribution in [3.05, 3.63) is 59.2 Å². The van der Waals surface area contributed by atoms with E-state index in [0.29, 0.717) is 17.7 Å². The first-order chi connectivity index (χ1) is 17.3. The van der Waals surface area contributed by atoms with Crippen LogP contribution in [0.1, 0.15) is 36.6 Å². The number of rotatable bonds is 6. The number of alkyl halides is 6. The number of hydrogen-bond acceptors (Lipinski definition) is 6. The second kappa shape index (κ2) is 9.85. The van der Waals surface area contributed by atoms with Gasteiger partial charge in [-0.1, -0.05) is 18.2 Å². The number of nitrogens with one attached hydrogen (secondary N) is 1. The zero-order valence-corrected chi connectivity index (χ0v) is 20.6. The van der Waals surface area contributed by atoms with E-state index >= 15 is 0 Å². The lowest BCUT2D eigenvalue weighted by Gasteiger charge is -2.32. The van der Waals surface area contributed by atoms with Crippen LogP contribution in [0.25, 0.3) is 0 Å². The average molecular weight is 568 g/mol. The Bertz CT molecular complexity index is 1330. The van der Waals surface area contributed by atoms with Crippen molar-refractivity contribution in [3.8, 4) is 0 Å². The summed E-state index contributed by atoms with van der Waals surface area (Å²) in [5.41, 5.74) is -6.29. The molecule has 3 N–H and O–H groups in total. The van der Waals surface area contributed by atoms with Crippen molar-refractivity contribution in [2.24, 2.45) is 0 Å². The van der Waals surface area contributed by atoms with Crippen molar-refractivity contribution in [1.82, 2.24) is 4.90 Å². The molecule has 2 aromatic carbocycles. The standard InChI is InChI=1S/C23H22F6N2O6S/c1-12(32)11-38(36,37)17-7-8-18-14(9-17)10-31(13(2)33)19(18)20(34)30-16-5-3-15(4-6-16)21(35,22(24,25)26)23(27,28)29/h3-9,12,19,32,35H,10-11H2,1-2H3,(H,30,34). The third-order valence-corrected chi connectivity index (χ3v) is 7.82. The summed E-state index contributed by atoms with van der Waals surface area (Å²) in [5.74, 6) is -1.99. The zero-order chi connectivity index (χ0) is 28.8. The van der Waals surface area contributed by atoms with Crippen LogP contribution >= 0.6 is 0 Å². The van der Waals surface area contributed by atoms with Crippen molar-refractivity contribution >= 4 is 27.3 Å². The molecule has 2 amide bonds. The molecule has 3 rings (SSSR count). The molecule has 15 heteroatoms. The van der Waals surface area contributed by atoms with Gasteiger partial charge in [-0.3, -0.25) is 9.59 Å². The monoisotopic (exact) mass is 568 g/mol. The molecule has 38 heavy (non-hydrogen) atoms. The van der Waals surface area contributed by atoms with Crippen LogP contribution in [0.3, 0.4) is 0 Å². The van der Waals surface area contributed by atoms with Crippen molar-refractivity contribution in [2.75, 3.05) is 11.1 Å². The average Bonchev–Trinajstić information content (AvgIpc) is 3.16. The Hall–Kier alpha value is -3.17. The molecule has 2 unspecified atom stereocenters. The Kier molecular flexibility index (Phi) is 7.62. The van der Waals surface area contributed by atoms with Gasteiger partial charge in [0.15, 0.2) is 9.84 Å². The Balaban J connectivity index is 1.91. The lowest BCUT2D eigenvalue weighted by atomic mass is 9.92. The molecule has 8 nitrogen and oxygen atoms in total. The van der Waals surface area contributed by atoms with Crippen molar-refractivity contribution in [3.63, 3.8) is 0 Å². The van der Waals surface area contributed by atoms with Crippen LogP contribution < -0.4 is 5.32 Å². The molecule has 1 aliphatic heterocycles. The van der Waals surface area contributed by atoms with Gasteiger partial charge in [0.2, 0.25) is 5.91 Å². The molecule has 0 spiro atoms. The third-order valence-electron chi connectivity index (χ3n) is 5.92. The van der Waals surface area contributed by atoms with E-state index in [-0.39, 0.29) is 22.7 Å². The summed E-state index contributed by atoms with van der Waals surface area (Å²) < 4.78 is 104. The lowest BCUT2D eigenvalue weighted by molar-refractivity contribution is -0.376. The second-order valence-corrected chi connectivity index (χ2v) is 10.8. The molecule has 2 aromatic rings. The highest BCUT2D eigenvalue weighted by Crippen LogP contribution is 2.50. The summed E-state index contributed by atoms with van der Waals surface area (Å²) in [6.07, 6.45) is -13.3. The van der Waals surface area contributed by atoms with E-state index in [1.54, 1.807) is 0 Å². The number of nitrogens with zero attached hydrogens (tertiary/aromatic N) is 1. The number of carbonyl (C=O) groups is 2. The number of amides is 2. The molecule has 1 aliphatic rings. The van der Waals surface area contributed by atoms with Gasteiger partial charge in [-0.2, -0.15) is 26.3 Å². The first-order valence-electron chi connectivity index (χ1n) is 10.9. The summed E-state index contributed by atoms with van der Waals surface area (Å²) in [7, 11) is -3.88. The molecule has 208 valence electrons. The Morgan fingerprint density at radius 3 is 2.08 bits per heavy atom. The van der Waals surface area contributed by atoms with Gasteiger partial charge >= 0.3 is 12.4 Å². The molecule has 1 heterocycles. The van der Waals surface area contributed by atoms with Gasteiger partial charge in [-0.15, -0.1) is 0 Å². The second-order valence-electron chi connectivity index (χ2n) is 8.81. The molecular weight excluding hydrogens is 546 g/mol. The van der Waals surface area contributed by atoms with Crippen LogP contribution in [0.4, 0.5) is 32.0 Å². The summed E-state index contributed by atoms with van der Waals surface area (Å²) in [5, 5.41) is 21.2. The quantitative estimate of drug-likeness (QED) is 0.460. The van der Waals surface area contributed by atoms with Crippen LogP contribution in [-0.2, 0) is 31.6 Å². The molecule has 0 radical (unpaired) electrons. The highest BCUT2D eigenvalue weighted by molar-refractivity contribution is 7.91. The largest absolute Gasteiger partial charge is 0.430 e. The maximum atomic E-state index is 13.1. The van der Waals surface area contributed by atoms with Crippen LogP contribution in [-0.4, -0.2) is 59.6 Å². The minimum Gasteiger partial charge on any atom is -0.392 e. The van der Waals surface area contributed by atoms with E-state index in [2.05, 4.69) is 5.32 Å². The van der Waals surface area contributed by atoms with Gasteiger partial charge < -0.3 is 20.4 Å². The molecular formula is C23H22F6N2O6S. The SMILES string of the molecule is CC(=O)N1Cc2cc(S(=O)(=O)CC(C)O)ccc2C1C(=O)Nc1ccc(C(O)(C(F)(F)F)C(F)(F)F)cc1. The van der Waals surface area contributed by atoms with Gasteiger partial charge in [-0.25, -0.2) is 8.42 Å². The smallest absolute Gasteiger partial charge is 0.392 e. The highest BCUT2D eigenvalue weighted by atomic mass is 32.2. The number of halogens is 6. The predicted molar refractivity (Wildman–Crippen MR) is 120 cm³/mol. The van der Waals surface area contributed by atoms with Gasteiger partial charge in [0.25, 0.3) is 11.5 Å².